The fraction of sp³-hybridized carbons (Fsp3) is 0.571. The number of aromatic nitrogens is 1. The van der Waals surface area contributed by atoms with Crippen LogP contribution in [0.2, 0.25) is 0 Å². The molecule has 0 spiro atoms. The third-order valence-corrected chi connectivity index (χ3v) is 3.59. The SMILES string of the molecule is CC(CNCc1cccc(C(=O)O)n1)N(C)C1CC1. The van der Waals surface area contributed by atoms with Crippen LogP contribution < -0.4 is 5.32 Å². The van der Waals surface area contributed by atoms with Crippen LogP contribution in [0, 0.1) is 0 Å². The lowest BCUT2D eigenvalue weighted by Gasteiger charge is -2.24. The molecule has 0 bridgehead atoms. The highest BCUT2D eigenvalue weighted by Crippen LogP contribution is 2.26. The molecule has 1 saturated carbocycles. The summed E-state index contributed by atoms with van der Waals surface area (Å²) in [5.41, 5.74) is 0.864. The zero-order valence-electron chi connectivity index (χ0n) is 11.5. The molecule has 1 aliphatic rings. The summed E-state index contributed by atoms with van der Waals surface area (Å²) >= 11 is 0. The zero-order valence-corrected chi connectivity index (χ0v) is 11.5. The first kappa shape index (κ1) is 14.0. The van der Waals surface area contributed by atoms with Crippen LogP contribution in [-0.2, 0) is 6.54 Å². The van der Waals surface area contributed by atoms with Crippen LogP contribution in [0.15, 0.2) is 18.2 Å². The average molecular weight is 263 g/mol. The van der Waals surface area contributed by atoms with E-state index in [4.69, 9.17) is 5.11 Å². The van der Waals surface area contributed by atoms with Crippen LogP contribution >= 0.6 is 0 Å². The van der Waals surface area contributed by atoms with Gasteiger partial charge in [0, 0.05) is 25.2 Å². The van der Waals surface area contributed by atoms with Gasteiger partial charge in [0.1, 0.15) is 5.69 Å². The first-order valence-electron chi connectivity index (χ1n) is 6.70. The lowest BCUT2D eigenvalue weighted by Crippen LogP contribution is -2.39. The van der Waals surface area contributed by atoms with Crippen molar-refractivity contribution in [2.75, 3.05) is 13.6 Å². The summed E-state index contributed by atoms with van der Waals surface area (Å²) in [6.45, 7) is 3.68. The van der Waals surface area contributed by atoms with Crippen LogP contribution in [0.25, 0.3) is 0 Å². The van der Waals surface area contributed by atoms with Crippen molar-refractivity contribution >= 4 is 5.97 Å². The van der Waals surface area contributed by atoms with E-state index in [1.54, 1.807) is 6.07 Å². The second-order valence-corrected chi connectivity index (χ2v) is 5.20. The predicted octanol–water partition coefficient (Wildman–Crippen LogP) is 1.35. The molecule has 19 heavy (non-hydrogen) atoms. The van der Waals surface area contributed by atoms with Crippen molar-refractivity contribution in [1.29, 1.82) is 0 Å². The van der Waals surface area contributed by atoms with E-state index in [9.17, 15) is 4.79 Å². The van der Waals surface area contributed by atoms with Gasteiger partial charge in [0.25, 0.3) is 0 Å². The number of nitrogens with zero attached hydrogens (tertiary/aromatic N) is 2. The van der Waals surface area contributed by atoms with Crippen molar-refractivity contribution < 1.29 is 9.90 Å². The molecule has 1 unspecified atom stereocenters. The molecule has 1 heterocycles. The fourth-order valence-electron chi connectivity index (χ4n) is 2.09. The molecule has 5 heteroatoms. The maximum atomic E-state index is 10.8. The third kappa shape index (κ3) is 4.01. The Balaban J connectivity index is 1.78. The smallest absolute Gasteiger partial charge is 0.354 e. The minimum atomic E-state index is -0.983. The van der Waals surface area contributed by atoms with Crippen LogP contribution in [0.1, 0.15) is 35.9 Å². The highest BCUT2D eigenvalue weighted by molar-refractivity contribution is 5.85. The van der Waals surface area contributed by atoms with Gasteiger partial charge in [-0.2, -0.15) is 0 Å². The van der Waals surface area contributed by atoms with Crippen molar-refractivity contribution in [2.45, 2.75) is 38.4 Å². The number of aromatic carboxylic acids is 1. The third-order valence-electron chi connectivity index (χ3n) is 3.59. The fourth-order valence-corrected chi connectivity index (χ4v) is 2.09. The number of likely N-dealkylation sites (N-methyl/N-ethyl adjacent to an activating group) is 1. The molecule has 1 aliphatic carbocycles. The molecule has 0 amide bonds. The molecule has 0 radical (unpaired) electrons. The lowest BCUT2D eigenvalue weighted by atomic mass is 10.2. The van der Waals surface area contributed by atoms with Gasteiger partial charge in [-0.1, -0.05) is 6.07 Å². The lowest BCUT2D eigenvalue weighted by molar-refractivity contribution is 0.0690. The van der Waals surface area contributed by atoms with Crippen LogP contribution in [0.4, 0.5) is 0 Å². The summed E-state index contributed by atoms with van der Waals surface area (Å²) in [7, 11) is 2.16. The Morgan fingerprint density at radius 3 is 2.95 bits per heavy atom. The van der Waals surface area contributed by atoms with E-state index in [-0.39, 0.29) is 5.69 Å². The molecule has 0 aromatic carbocycles. The standard InChI is InChI=1S/C14H21N3O2/c1-10(17(2)12-6-7-12)8-15-9-11-4-3-5-13(16-11)14(18)19/h3-5,10,12,15H,6-9H2,1-2H3,(H,18,19). The van der Waals surface area contributed by atoms with Crippen molar-refractivity contribution in [2.24, 2.45) is 0 Å². The van der Waals surface area contributed by atoms with Gasteiger partial charge in [-0.15, -0.1) is 0 Å². The Labute approximate surface area is 113 Å². The number of carboxylic acids is 1. The van der Waals surface area contributed by atoms with Gasteiger partial charge < -0.3 is 10.4 Å². The van der Waals surface area contributed by atoms with Crippen molar-refractivity contribution in [3.05, 3.63) is 29.6 Å². The first-order valence-corrected chi connectivity index (χ1v) is 6.70. The number of nitrogens with one attached hydrogen (secondary N) is 1. The van der Waals surface area contributed by atoms with E-state index in [0.717, 1.165) is 18.3 Å². The second-order valence-electron chi connectivity index (χ2n) is 5.20. The Kier molecular flexibility index (Phi) is 4.50. The highest BCUT2D eigenvalue weighted by Gasteiger charge is 2.28. The van der Waals surface area contributed by atoms with E-state index in [2.05, 4.69) is 29.2 Å². The molecule has 2 N–H and O–H groups in total. The quantitative estimate of drug-likeness (QED) is 0.777. The summed E-state index contributed by atoms with van der Waals surface area (Å²) in [6.07, 6.45) is 2.62. The number of pyridine rings is 1. The number of hydrogen-bond acceptors (Lipinski definition) is 4. The number of hydrogen-bond donors (Lipinski definition) is 2. The normalized spacial score (nSPS) is 16.6. The molecule has 104 valence electrons. The van der Waals surface area contributed by atoms with E-state index < -0.39 is 5.97 Å². The monoisotopic (exact) mass is 263 g/mol. The maximum absolute atomic E-state index is 10.8. The predicted molar refractivity (Wildman–Crippen MR) is 73.2 cm³/mol. The Hall–Kier alpha value is -1.46. The summed E-state index contributed by atoms with van der Waals surface area (Å²) in [4.78, 5) is 17.3. The Morgan fingerprint density at radius 1 is 1.58 bits per heavy atom. The van der Waals surface area contributed by atoms with E-state index in [0.29, 0.717) is 12.6 Å². The first-order chi connectivity index (χ1) is 9.08. The van der Waals surface area contributed by atoms with E-state index in [1.165, 1.54) is 18.9 Å². The molecule has 2 rings (SSSR count). The molecule has 0 aliphatic heterocycles. The Morgan fingerprint density at radius 2 is 2.32 bits per heavy atom. The zero-order chi connectivity index (χ0) is 13.8. The molecule has 1 fully saturated rings. The van der Waals surface area contributed by atoms with Crippen LogP contribution in [-0.4, -0.2) is 46.6 Å². The summed E-state index contributed by atoms with van der Waals surface area (Å²) in [5.74, 6) is -0.983. The topological polar surface area (TPSA) is 65.5 Å². The van der Waals surface area contributed by atoms with Gasteiger partial charge in [0.15, 0.2) is 0 Å². The number of carboxylic acid groups (broad SMARTS) is 1. The highest BCUT2D eigenvalue weighted by atomic mass is 16.4. The van der Waals surface area contributed by atoms with Gasteiger partial charge in [-0.3, -0.25) is 4.90 Å². The minimum absolute atomic E-state index is 0.0995. The maximum Gasteiger partial charge on any atom is 0.354 e. The van der Waals surface area contributed by atoms with Crippen molar-refractivity contribution in [3.8, 4) is 0 Å². The molecular weight excluding hydrogens is 242 g/mol. The molecule has 1 aromatic heterocycles. The Bertz CT molecular complexity index is 446. The van der Waals surface area contributed by atoms with Gasteiger partial charge in [0.2, 0.25) is 0 Å². The molecular formula is C14H21N3O2. The minimum Gasteiger partial charge on any atom is -0.477 e. The van der Waals surface area contributed by atoms with Crippen LogP contribution in [0.3, 0.4) is 0 Å². The number of carbonyl (C=O) groups is 1. The van der Waals surface area contributed by atoms with E-state index >= 15 is 0 Å². The molecule has 1 aromatic rings. The summed E-state index contributed by atoms with van der Waals surface area (Å²) in [6, 6.07) is 6.32. The summed E-state index contributed by atoms with van der Waals surface area (Å²) in [5, 5.41) is 12.2. The number of rotatable bonds is 7. The van der Waals surface area contributed by atoms with E-state index in [1.807, 2.05) is 6.07 Å². The van der Waals surface area contributed by atoms with Crippen molar-refractivity contribution in [3.63, 3.8) is 0 Å². The largest absolute Gasteiger partial charge is 0.477 e. The van der Waals surface area contributed by atoms with Gasteiger partial charge in [-0.25, -0.2) is 9.78 Å². The van der Waals surface area contributed by atoms with Gasteiger partial charge in [0.05, 0.1) is 5.69 Å². The van der Waals surface area contributed by atoms with Gasteiger partial charge in [-0.05, 0) is 38.9 Å². The molecule has 5 nitrogen and oxygen atoms in total. The van der Waals surface area contributed by atoms with Crippen LogP contribution in [0.5, 0.6) is 0 Å². The molecule has 0 saturated heterocycles. The van der Waals surface area contributed by atoms with Gasteiger partial charge >= 0.3 is 5.97 Å². The summed E-state index contributed by atoms with van der Waals surface area (Å²) < 4.78 is 0. The van der Waals surface area contributed by atoms with Crippen molar-refractivity contribution in [1.82, 2.24) is 15.2 Å². The second kappa shape index (κ2) is 6.12. The average Bonchev–Trinajstić information content (AvgIpc) is 3.22. The molecule has 1 atom stereocenters.